The number of amides is 4. The Morgan fingerprint density at radius 1 is 1.21 bits per heavy atom. The van der Waals surface area contributed by atoms with Crippen LogP contribution in [0.25, 0.3) is 0 Å². The number of nitrogens with zero attached hydrogens (tertiary/aromatic N) is 5. The van der Waals surface area contributed by atoms with Crippen LogP contribution in [0, 0.1) is 0 Å². The van der Waals surface area contributed by atoms with E-state index in [0.29, 0.717) is 12.4 Å². The Morgan fingerprint density at radius 3 is 2.72 bits per heavy atom. The third-order valence-corrected chi connectivity index (χ3v) is 8.99. The van der Waals surface area contributed by atoms with Gasteiger partial charge in [0.2, 0.25) is 11.7 Å². The van der Waals surface area contributed by atoms with Crippen molar-refractivity contribution >= 4 is 29.8 Å². The molecule has 232 valence electrons. The van der Waals surface area contributed by atoms with E-state index in [0.717, 1.165) is 24.8 Å². The van der Waals surface area contributed by atoms with Gasteiger partial charge in [-0.1, -0.05) is 26.0 Å². The van der Waals surface area contributed by atoms with E-state index in [1.807, 2.05) is 6.07 Å². The minimum atomic E-state index is -2.50. The lowest BCUT2D eigenvalue weighted by atomic mass is 9.79. The van der Waals surface area contributed by atoms with Crippen LogP contribution in [0.4, 0.5) is 4.79 Å². The lowest BCUT2D eigenvalue weighted by Crippen LogP contribution is -2.66. The molecule has 4 heterocycles. The van der Waals surface area contributed by atoms with Crippen LogP contribution >= 0.6 is 0 Å². The molecule has 1 aromatic carbocycles. The zero-order valence-electron chi connectivity index (χ0n) is 24.3. The van der Waals surface area contributed by atoms with E-state index >= 15 is 0 Å². The molecule has 5 aliphatic rings. The van der Waals surface area contributed by atoms with Gasteiger partial charge in [-0.05, 0) is 30.7 Å². The molecular formula is C28H39N9O6. The molecule has 1 unspecified atom stereocenters. The molecule has 8 N–H and O–H groups in total. The van der Waals surface area contributed by atoms with Crippen LogP contribution in [0.15, 0.2) is 28.2 Å². The summed E-state index contributed by atoms with van der Waals surface area (Å²) in [5.41, 5.74) is 13.5. The van der Waals surface area contributed by atoms with Gasteiger partial charge in [0.25, 0.3) is 5.91 Å². The molecule has 2 fully saturated rings. The number of carbonyl (C=O) groups excluding carboxylic acids is 3. The third-order valence-electron chi connectivity index (χ3n) is 8.99. The smallest absolute Gasteiger partial charge is 0.327 e. The van der Waals surface area contributed by atoms with Crippen LogP contribution in [0.1, 0.15) is 49.0 Å². The number of fused-ring (bicyclic) bond motifs is 3. The molecule has 1 aromatic rings. The molecular weight excluding hydrogens is 558 g/mol. The Balaban J connectivity index is 1.24. The Bertz CT molecular complexity index is 1390. The van der Waals surface area contributed by atoms with Gasteiger partial charge in [-0.25, -0.2) is 14.8 Å². The Hall–Kier alpha value is -4.11. The molecule has 4 amide bonds. The largest absolute Gasteiger partial charge is 0.492 e. The number of guanidine groups is 2. The number of nitrogens with two attached hydrogens (primary N) is 2. The van der Waals surface area contributed by atoms with Gasteiger partial charge in [0, 0.05) is 24.7 Å². The van der Waals surface area contributed by atoms with E-state index in [4.69, 9.17) is 16.2 Å². The van der Waals surface area contributed by atoms with Crippen molar-refractivity contribution < 1.29 is 29.3 Å². The fourth-order valence-corrected chi connectivity index (χ4v) is 6.13. The van der Waals surface area contributed by atoms with Crippen molar-refractivity contribution in [1.82, 2.24) is 25.3 Å². The number of aliphatic imine (C=N–C) groups is 2. The summed E-state index contributed by atoms with van der Waals surface area (Å²) >= 11 is 0. The summed E-state index contributed by atoms with van der Waals surface area (Å²) in [6, 6.07) is 2.69. The first-order valence-electron chi connectivity index (χ1n) is 14.6. The van der Waals surface area contributed by atoms with E-state index in [1.165, 1.54) is 4.90 Å². The number of urea groups is 1. The normalized spacial score (nSPS) is 28.3. The first-order valence-corrected chi connectivity index (χ1v) is 14.6. The van der Waals surface area contributed by atoms with Crippen molar-refractivity contribution in [1.29, 1.82) is 0 Å². The second-order valence-electron chi connectivity index (χ2n) is 12.6. The van der Waals surface area contributed by atoms with E-state index < -0.39 is 36.4 Å². The summed E-state index contributed by atoms with van der Waals surface area (Å²) in [5, 5.41) is 27.9. The number of nitrogens with one attached hydrogen (secondary N) is 2. The summed E-state index contributed by atoms with van der Waals surface area (Å²) < 4.78 is 5.90. The number of ether oxygens (including phenoxy) is 1. The first-order chi connectivity index (χ1) is 20.3. The SMILES string of the molecule is CC1(C)CCOc2c(C(=O)N[C@H]3CN4CC(NC(N)=NCC3(O)O)[C@H](CN3C(=O)CN(C5CC5)C3=O)N=C4N)cccc21. The first kappa shape index (κ1) is 29.0. The zero-order valence-corrected chi connectivity index (χ0v) is 24.3. The predicted octanol–water partition coefficient (Wildman–Crippen LogP) is -1.76. The molecule has 0 aromatic heterocycles. The van der Waals surface area contributed by atoms with Crippen molar-refractivity contribution in [3.63, 3.8) is 0 Å². The predicted molar refractivity (Wildman–Crippen MR) is 155 cm³/mol. The lowest BCUT2D eigenvalue weighted by Gasteiger charge is -2.42. The zero-order chi connectivity index (χ0) is 30.7. The van der Waals surface area contributed by atoms with Crippen molar-refractivity contribution in [2.24, 2.45) is 21.5 Å². The maximum absolute atomic E-state index is 13.6. The number of carbonyl (C=O) groups is 3. The highest BCUT2D eigenvalue weighted by atomic mass is 16.5. The number of aliphatic hydroxyl groups is 2. The summed E-state index contributed by atoms with van der Waals surface area (Å²) in [6.07, 6.45) is 2.58. The second-order valence-corrected chi connectivity index (χ2v) is 12.6. The van der Waals surface area contributed by atoms with Crippen molar-refractivity contribution in [2.75, 3.05) is 39.3 Å². The number of para-hydroxylation sites is 1. The highest BCUT2D eigenvalue weighted by Crippen LogP contribution is 2.40. The highest BCUT2D eigenvalue weighted by molar-refractivity contribution is 6.02. The number of imide groups is 1. The summed E-state index contributed by atoms with van der Waals surface area (Å²) in [4.78, 5) is 52.3. The Morgan fingerprint density at radius 2 is 1.98 bits per heavy atom. The molecule has 1 saturated carbocycles. The van der Waals surface area contributed by atoms with Crippen LogP contribution in [-0.2, 0) is 10.2 Å². The van der Waals surface area contributed by atoms with E-state index in [9.17, 15) is 24.6 Å². The maximum Gasteiger partial charge on any atom is 0.327 e. The maximum atomic E-state index is 13.6. The topological polar surface area (TPSA) is 211 Å². The summed E-state index contributed by atoms with van der Waals surface area (Å²) in [6.45, 7) is 4.19. The lowest BCUT2D eigenvalue weighted by molar-refractivity contribution is -0.174. The monoisotopic (exact) mass is 597 g/mol. The third kappa shape index (κ3) is 5.54. The van der Waals surface area contributed by atoms with E-state index in [1.54, 1.807) is 21.9 Å². The number of hydrogen-bond donors (Lipinski definition) is 6. The molecule has 3 atom stereocenters. The standard InChI is InChI=1S/C28H39N9O6/c1-27(2)8-9-43-22-16(4-3-5-17(22)27)23(39)34-20-12-35-10-18(32-24(29)31-14-28(20,41)42)19(33-25(35)30)11-37-21(38)13-36(26(37)40)15-6-7-15/h3-5,15,18-20,41-42H,6-14H2,1-2H3,(H2,30,33)(H,34,39)(H3,29,31,32)/t18?,19-,20-/m0/s1. The van der Waals surface area contributed by atoms with Crippen LogP contribution in [0.2, 0.25) is 0 Å². The molecule has 15 heteroatoms. The van der Waals surface area contributed by atoms with Crippen LogP contribution in [-0.4, -0.2) is 124 Å². The van der Waals surface area contributed by atoms with Gasteiger partial charge < -0.3 is 46.9 Å². The quantitative estimate of drug-likeness (QED) is 0.166. The average molecular weight is 598 g/mol. The molecule has 6 rings (SSSR count). The van der Waals surface area contributed by atoms with Gasteiger partial charge in [0.15, 0.2) is 11.9 Å². The molecule has 1 saturated heterocycles. The fraction of sp³-hybridized carbons (Fsp3) is 0.607. The molecule has 2 bridgehead atoms. The minimum absolute atomic E-state index is 0.0000586. The molecule has 1 aliphatic carbocycles. The van der Waals surface area contributed by atoms with Gasteiger partial charge in [-0.3, -0.25) is 14.5 Å². The number of benzene rings is 1. The second kappa shape index (κ2) is 10.6. The van der Waals surface area contributed by atoms with Crippen molar-refractivity contribution in [2.45, 2.75) is 68.5 Å². The highest BCUT2D eigenvalue weighted by Gasteiger charge is 2.46. The molecule has 0 spiro atoms. The molecule has 0 radical (unpaired) electrons. The molecule has 4 aliphatic heterocycles. The minimum Gasteiger partial charge on any atom is -0.492 e. The van der Waals surface area contributed by atoms with Crippen LogP contribution in [0.5, 0.6) is 5.75 Å². The van der Waals surface area contributed by atoms with Gasteiger partial charge in [0.1, 0.15) is 18.3 Å². The van der Waals surface area contributed by atoms with Crippen molar-refractivity contribution in [3.05, 3.63) is 29.3 Å². The Labute approximate surface area is 248 Å². The Kier molecular flexibility index (Phi) is 7.12. The van der Waals surface area contributed by atoms with Gasteiger partial charge in [-0.15, -0.1) is 0 Å². The van der Waals surface area contributed by atoms with Crippen LogP contribution < -0.4 is 26.8 Å². The molecule has 43 heavy (non-hydrogen) atoms. The summed E-state index contributed by atoms with van der Waals surface area (Å²) in [5.74, 6) is -2.89. The average Bonchev–Trinajstić information content (AvgIpc) is 3.75. The number of rotatable bonds is 5. The van der Waals surface area contributed by atoms with E-state index in [2.05, 4.69) is 34.5 Å². The number of hydrogen-bond acceptors (Lipinski definition) is 12. The van der Waals surface area contributed by atoms with E-state index in [-0.39, 0.29) is 67.1 Å². The van der Waals surface area contributed by atoms with Gasteiger partial charge in [0.05, 0.1) is 37.3 Å². The van der Waals surface area contributed by atoms with Crippen molar-refractivity contribution in [3.8, 4) is 5.75 Å². The fourth-order valence-electron chi connectivity index (χ4n) is 6.13. The van der Waals surface area contributed by atoms with Gasteiger partial charge in [-0.2, -0.15) is 0 Å². The van der Waals surface area contributed by atoms with Crippen LogP contribution in [0.3, 0.4) is 0 Å². The van der Waals surface area contributed by atoms with Gasteiger partial charge >= 0.3 is 6.03 Å². The molecule has 15 nitrogen and oxygen atoms in total. The summed E-state index contributed by atoms with van der Waals surface area (Å²) in [7, 11) is 0.